The molecule has 0 radical (unpaired) electrons. The van der Waals surface area contributed by atoms with Gasteiger partial charge in [-0.2, -0.15) is 0 Å². The summed E-state index contributed by atoms with van der Waals surface area (Å²) in [7, 11) is -8.69. The number of hydrogen-bond acceptors (Lipinski definition) is 10. The molecule has 13 heteroatoms. The molecule has 0 spiro atoms. The monoisotopic (exact) mass is 1080 g/mol. The summed E-state index contributed by atoms with van der Waals surface area (Å²) < 4.78 is 67.1. The van der Waals surface area contributed by atoms with Gasteiger partial charge in [-0.1, -0.05) is 219 Å². The summed E-state index contributed by atoms with van der Waals surface area (Å²) >= 11 is 0. The second-order valence-corrected chi connectivity index (χ2v) is 19.8. The molecule has 0 aliphatic heterocycles. The molecule has 2 atom stereocenters. The van der Waals surface area contributed by atoms with Gasteiger partial charge in [0.25, 0.3) is 0 Å². The molecule has 0 bridgehead atoms. The number of aryl methyl sites for hydroxylation is 2. The van der Waals surface area contributed by atoms with Gasteiger partial charge < -0.3 is 28.9 Å². The Labute approximate surface area is 431 Å². The van der Waals surface area contributed by atoms with E-state index in [9.17, 15) is 45.7 Å². The van der Waals surface area contributed by atoms with Crippen molar-refractivity contribution < 1.29 is 87.5 Å². The minimum atomic E-state index is -4.35. The van der Waals surface area contributed by atoms with Crippen LogP contribution < -0.4 is 10.2 Å². The molecule has 0 saturated heterocycles. The molecular formula is C52H88CeO10S2. The van der Waals surface area contributed by atoms with Crippen LogP contribution in [0.15, 0.2) is 58.3 Å². The molecule has 0 aliphatic carbocycles. The summed E-state index contributed by atoms with van der Waals surface area (Å²) in [5, 5.41) is 20.7. The van der Waals surface area contributed by atoms with Crippen molar-refractivity contribution in [2.75, 3.05) is 0 Å². The number of unbranched alkanes of at least 4 members (excludes halogenated alkanes) is 20. The fourth-order valence-electron chi connectivity index (χ4n) is 7.39. The van der Waals surface area contributed by atoms with Gasteiger partial charge in [-0.05, 0) is 86.5 Å². The molecule has 0 aliphatic rings. The molecule has 2 aromatic rings. The van der Waals surface area contributed by atoms with Crippen LogP contribution in [0.3, 0.4) is 0 Å². The van der Waals surface area contributed by atoms with Gasteiger partial charge in [0.05, 0.1) is 9.79 Å². The van der Waals surface area contributed by atoms with E-state index in [4.69, 9.17) is 0 Å². The van der Waals surface area contributed by atoms with Crippen molar-refractivity contribution in [1.82, 2.24) is 0 Å². The maximum atomic E-state index is 11.2. The molecule has 2 unspecified atom stereocenters. The van der Waals surface area contributed by atoms with E-state index in [2.05, 4.69) is 27.7 Å². The van der Waals surface area contributed by atoms with E-state index >= 15 is 0 Å². The van der Waals surface area contributed by atoms with Gasteiger partial charge in [0, 0.05) is 11.9 Å². The third-order valence-electron chi connectivity index (χ3n) is 11.5. The number of carbonyl (C=O) groups excluding carboxylic acids is 2. The van der Waals surface area contributed by atoms with E-state index in [1.54, 1.807) is 36.4 Å². The van der Waals surface area contributed by atoms with Crippen molar-refractivity contribution in [3.8, 4) is 0 Å². The fraction of sp³-hybridized carbons (Fsp3) is 0.731. The average molecular weight is 1080 g/mol. The van der Waals surface area contributed by atoms with Crippen molar-refractivity contribution in [1.29, 1.82) is 0 Å². The smallest absolute Gasteiger partial charge is 0.744 e. The van der Waals surface area contributed by atoms with Crippen molar-refractivity contribution in [2.45, 2.75) is 244 Å². The summed E-state index contributed by atoms with van der Waals surface area (Å²) in [6, 6.07) is 13.1. The van der Waals surface area contributed by atoms with Gasteiger partial charge >= 0.3 is 41.7 Å². The molecule has 372 valence electrons. The first-order chi connectivity index (χ1) is 30.5. The zero-order valence-corrected chi connectivity index (χ0v) is 46.2. The Bertz CT molecular complexity index is 1530. The topological polar surface area (TPSA) is 195 Å². The summed E-state index contributed by atoms with van der Waals surface area (Å²) in [5.74, 6) is -2.23. The van der Waals surface area contributed by atoms with Gasteiger partial charge in [-0.3, -0.25) is 0 Å². The van der Waals surface area contributed by atoms with E-state index < -0.39 is 32.2 Å². The molecule has 10 nitrogen and oxygen atoms in total. The van der Waals surface area contributed by atoms with Gasteiger partial charge in [-0.25, -0.2) is 16.8 Å². The zero-order valence-electron chi connectivity index (χ0n) is 41.4. The Kier molecular flexibility index (Phi) is 47.0. The SMILES string of the molecule is CCCCC(CC)C(=O)[O-].CCCCC(CC)C(=O)[O-].CCCCCCCCCCCCc1ccccc1S(=O)(=O)[O-].CCCCCCCCCCCCc1ccccc1S(=O)(=O)[O-].[Ce+4]. The Morgan fingerprint density at radius 2 is 0.662 bits per heavy atom. The van der Waals surface area contributed by atoms with Crippen LogP contribution in [0.4, 0.5) is 0 Å². The van der Waals surface area contributed by atoms with Crippen LogP contribution in [-0.4, -0.2) is 37.9 Å². The first-order valence-electron chi connectivity index (χ1n) is 25.0. The summed E-state index contributed by atoms with van der Waals surface area (Å²) in [5.41, 5.74) is 1.33. The van der Waals surface area contributed by atoms with Gasteiger partial charge in [0.1, 0.15) is 20.2 Å². The van der Waals surface area contributed by atoms with Gasteiger partial charge in [0.15, 0.2) is 0 Å². The normalized spacial score (nSPS) is 11.9. The molecule has 65 heavy (non-hydrogen) atoms. The van der Waals surface area contributed by atoms with Crippen molar-refractivity contribution in [2.24, 2.45) is 11.8 Å². The minimum absolute atomic E-state index is 0. The number of rotatable bonds is 34. The van der Waals surface area contributed by atoms with E-state index in [1.807, 2.05) is 13.8 Å². The molecule has 0 heterocycles. The van der Waals surface area contributed by atoms with Crippen LogP contribution >= 0.6 is 0 Å². The molecule has 2 rings (SSSR count). The average Bonchev–Trinajstić information content (AvgIpc) is 3.25. The van der Waals surface area contributed by atoms with Crippen LogP contribution in [0.1, 0.15) is 232 Å². The first kappa shape index (κ1) is 67.8. The standard InChI is InChI=1S/2C18H30O3S.2C8H16O2.Ce/c2*1-2-3-4-5-6-7-8-9-10-11-14-17-15-12-13-16-18(17)22(19,20)21;2*1-3-5-6-7(4-2)8(9)10;/h2*12-13,15-16H,2-11,14H2,1H3,(H,19,20,21);2*7H,3-6H2,1-2H3,(H,9,10);/q;;;;+4/p-4. The second kappa shape index (κ2) is 45.0. The molecule has 0 fully saturated rings. The Hall–Kier alpha value is -1.42. The first-order valence-corrected chi connectivity index (χ1v) is 27.9. The summed E-state index contributed by atoms with van der Waals surface area (Å²) in [6.45, 7) is 12.3. The summed E-state index contributed by atoms with van der Waals surface area (Å²) in [4.78, 5) is 20.6. The van der Waals surface area contributed by atoms with Crippen LogP contribution in [0.5, 0.6) is 0 Å². The number of carboxylic acids is 2. The zero-order chi connectivity index (χ0) is 48.5. The van der Waals surface area contributed by atoms with E-state index in [0.717, 1.165) is 64.2 Å². The fourth-order valence-corrected chi connectivity index (χ4v) is 8.87. The Balaban J connectivity index is -0.000000837. The summed E-state index contributed by atoms with van der Waals surface area (Å²) in [6.07, 6.45) is 33.4. The van der Waals surface area contributed by atoms with Crippen molar-refractivity contribution in [3.05, 3.63) is 59.7 Å². The minimum Gasteiger partial charge on any atom is -0.744 e. The number of aliphatic carboxylic acids is 2. The second-order valence-electron chi connectivity index (χ2n) is 17.1. The maximum absolute atomic E-state index is 11.2. The van der Waals surface area contributed by atoms with Gasteiger partial charge in [-0.15, -0.1) is 0 Å². The molecule has 0 amide bonds. The quantitative estimate of drug-likeness (QED) is 0.0480. The van der Waals surface area contributed by atoms with Crippen molar-refractivity contribution in [3.63, 3.8) is 0 Å². The molecule has 0 N–H and O–H groups in total. The Morgan fingerprint density at radius 1 is 0.415 bits per heavy atom. The van der Waals surface area contributed by atoms with Gasteiger partial charge in [0.2, 0.25) is 0 Å². The molecular weight excluding hydrogens is 989 g/mol. The van der Waals surface area contributed by atoms with E-state index in [0.29, 0.717) is 36.8 Å². The number of carbonyl (C=O) groups is 2. The molecule has 0 aromatic heterocycles. The third kappa shape index (κ3) is 39.2. The predicted octanol–water partition coefficient (Wildman–Crippen LogP) is 12.0. The Morgan fingerprint density at radius 3 is 0.892 bits per heavy atom. The molecule has 0 saturated carbocycles. The number of hydrogen-bond donors (Lipinski definition) is 0. The number of carboxylic acid groups (broad SMARTS) is 2. The largest absolute Gasteiger partial charge is 4.00 e. The molecule has 2 aromatic carbocycles. The van der Waals surface area contributed by atoms with Crippen LogP contribution in [0, 0.1) is 53.6 Å². The van der Waals surface area contributed by atoms with Crippen LogP contribution in [-0.2, 0) is 42.7 Å². The van der Waals surface area contributed by atoms with Crippen LogP contribution in [0.2, 0.25) is 0 Å². The van der Waals surface area contributed by atoms with Crippen molar-refractivity contribution >= 4 is 32.2 Å². The predicted molar refractivity (Wildman–Crippen MR) is 257 cm³/mol. The van der Waals surface area contributed by atoms with E-state index in [1.165, 1.54) is 115 Å². The third-order valence-corrected chi connectivity index (χ3v) is 13.4. The number of benzene rings is 2. The maximum Gasteiger partial charge on any atom is 4.00 e. The van der Waals surface area contributed by atoms with E-state index in [-0.39, 0.29) is 63.4 Å². The van der Waals surface area contributed by atoms with Crippen LogP contribution in [0.25, 0.3) is 0 Å².